The van der Waals surface area contributed by atoms with Crippen molar-refractivity contribution in [2.75, 3.05) is 12.0 Å². The minimum absolute atomic E-state index is 0.0173. The van der Waals surface area contributed by atoms with Crippen molar-refractivity contribution in [1.82, 2.24) is 10.3 Å². The SMILES string of the molecule is CC(=O)c1cccc(NN2C=C(C(=O)NCc3ccccc3)C=CC2)c1. The monoisotopic (exact) mass is 347 g/mol. The third kappa shape index (κ3) is 4.60. The van der Waals surface area contributed by atoms with E-state index < -0.39 is 0 Å². The Bertz CT molecular complexity index is 857. The molecule has 2 aromatic carbocycles. The highest BCUT2D eigenvalue weighted by Gasteiger charge is 2.12. The van der Waals surface area contributed by atoms with Crippen LogP contribution in [0.25, 0.3) is 0 Å². The van der Waals surface area contributed by atoms with E-state index in [1.54, 1.807) is 18.3 Å². The number of rotatable bonds is 6. The highest BCUT2D eigenvalue weighted by molar-refractivity contribution is 5.96. The minimum Gasteiger partial charge on any atom is -0.348 e. The second-order valence-corrected chi connectivity index (χ2v) is 6.06. The number of benzene rings is 2. The number of nitrogens with zero attached hydrogens (tertiary/aromatic N) is 1. The molecule has 0 saturated carbocycles. The van der Waals surface area contributed by atoms with Crippen LogP contribution in [0, 0.1) is 0 Å². The normalized spacial score (nSPS) is 13.1. The number of hydrazine groups is 1. The minimum atomic E-state index is -0.130. The van der Waals surface area contributed by atoms with Crippen LogP contribution >= 0.6 is 0 Å². The van der Waals surface area contributed by atoms with Gasteiger partial charge in [0.05, 0.1) is 17.8 Å². The molecule has 0 unspecified atom stereocenters. The van der Waals surface area contributed by atoms with Crippen LogP contribution in [0.1, 0.15) is 22.8 Å². The maximum atomic E-state index is 12.4. The molecule has 1 heterocycles. The van der Waals surface area contributed by atoms with Gasteiger partial charge in [0.15, 0.2) is 5.78 Å². The smallest absolute Gasteiger partial charge is 0.253 e. The fourth-order valence-electron chi connectivity index (χ4n) is 2.62. The molecule has 1 amide bonds. The Balaban J connectivity index is 1.63. The topological polar surface area (TPSA) is 61.4 Å². The van der Waals surface area contributed by atoms with Gasteiger partial charge in [-0.2, -0.15) is 0 Å². The first-order chi connectivity index (χ1) is 12.6. The Labute approximate surface area is 153 Å². The molecule has 0 aliphatic carbocycles. The zero-order valence-electron chi connectivity index (χ0n) is 14.6. The molecule has 0 aromatic heterocycles. The van der Waals surface area contributed by atoms with Crippen LogP contribution in [-0.4, -0.2) is 23.2 Å². The first-order valence-corrected chi connectivity index (χ1v) is 8.46. The van der Waals surface area contributed by atoms with E-state index in [1.165, 1.54) is 6.92 Å². The molecule has 0 saturated heterocycles. The molecule has 1 aliphatic heterocycles. The summed E-state index contributed by atoms with van der Waals surface area (Å²) in [5, 5.41) is 4.74. The summed E-state index contributed by atoms with van der Waals surface area (Å²) in [4.78, 5) is 23.9. The number of amides is 1. The lowest BCUT2D eigenvalue weighted by Crippen LogP contribution is -2.31. The third-order valence-corrected chi connectivity index (χ3v) is 3.99. The maximum absolute atomic E-state index is 12.4. The first-order valence-electron chi connectivity index (χ1n) is 8.46. The largest absolute Gasteiger partial charge is 0.348 e. The molecule has 0 radical (unpaired) electrons. The number of hydrogen-bond acceptors (Lipinski definition) is 4. The molecule has 0 spiro atoms. The van der Waals surface area contributed by atoms with Gasteiger partial charge in [0.25, 0.3) is 5.91 Å². The van der Waals surface area contributed by atoms with Gasteiger partial charge in [-0.25, -0.2) is 0 Å². The van der Waals surface area contributed by atoms with Gasteiger partial charge in [0, 0.05) is 18.3 Å². The lowest BCUT2D eigenvalue weighted by molar-refractivity contribution is -0.117. The van der Waals surface area contributed by atoms with Crippen molar-refractivity contribution in [3.8, 4) is 0 Å². The number of nitrogens with one attached hydrogen (secondary N) is 2. The average molecular weight is 347 g/mol. The van der Waals surface area contributed by atoms with E-state index in [9.17, 15) is 9.59 Å². The second kappa shape index (κ2) is 8.16. The van der Waals surface area contributed by atoms with Gasteiger partial charge in [-0.1, -0.05) is 54.6 Å². The van der Waals surface area contributed by atoms with Gasteiger partial charge < -0.3 is 5.32 Å². The third-order valence-electron chi connectivity index (χ3n) is 3.99. The number of carbonyl (C=O) groups excluding carboxylic acids is 2. The molecule has 0 bridgehead atoms. The summed E-state index contributed by atoms with van der Waals surface area (Å²) in [6.45, 7) is 2.65. The summed E-state index contributed by atoms with van der Waals surface area (Å²) in [6.07, 6.45) is 5.49. The second-order valence-electron chi connectivity index (χ2n) is 6.06. The molecular weight excluding hydrogens is 326 g/mol. The van der Waals surface area contributed by atoms with Crippen molar-refractivity contribution in [2.24, 2.45) is 0 Å². The van der Waals surface area contributed by atoms with E-state index in [-0.39, 0.29) is 11.7 Å². The van der Waals surface area contributed by atoms with E-state index >= 15 is 0 Å². The van der Waals surface area contributed by atoms with Gasteiger partial charge in [0.1, 0.15) is 0 Å². The van der Waals surface area contributed by atoms with Crippen LogP contribution < -0.4 is 10.7 Å². The molecule has 3 rings (SSSR count). The number of ketones is 1. The molecular formula is C21H21N3O2. The number of Topliss-reactive ketones (excluding diaryl/α,β-unsaturated/α-hetero) is 1. The standard InChI is InChI=1S/C21H21N3O2/c1-16(25)18-9-5-11-20(13-18)23-24-12-6-10-19(15-24)21(26)22-14-17-7-3-2-4-8-17/h2-11,13,15,23H,12,14H2,1H3,(H,22,26). The van der Waals surface area contributed by atoms with E-state index in [1.807, 2.05) is 59.6 Å². The lowest BCUT2D eigenvalue weighted by atomic mass is 10.1. The number of carbonyl (C=O) groups is 2. The summed E-state index contributed by atoms with van der Waals surface area (Å²) in [5.74, 6) is -0.113. The van der Waals surface area contributed by atoms with Crippen molar-refractivity contribution in [3.05, 3.63) is 89.6 Å². The molecule has 5 nitrogen and oxygen atoms in total. The van der Waals surface area contributed by atoms with Crippen molar-refractivity contribution in [2.45, 2.75) is 13.5 Å². The summed E-state index contributed by atoms with van der Waals surface area (Å²) in [5.41, 5.74) is 6.28. The van der Waals surface area contributed by atoms with Gasteiger partial charge in [-0.05, 0) is 24.6 Å². The predicted molar refractivity (Wildman–Crippen MR) is 102 cm³/mol. The molecule has 1 aliphatic rings. The quantitative estimate of drug-likeness (QED) is 0.787. The van der Waals surface area contributed by atoms with Gasteiger partial charge in [0.2, 0.25) is 0 Å². The summed E-state index contributed by atoms with van der Waals surface area (Å²) >= 11 is 0. The fraction of sp³-hybridized carbons (Fsp3) is 0.143. The van der Waals surface area contributed by atoms with Crippen molar-refractivity contribution >= 4 is 17.4 Å². The lowest BCUT2D eigenvalue weighted by Gasteiger charge is -2.25. The molecule has 132 valence electrons. The van der Waals surface area contributed by atoms with Crippen LogP contribution in [0.3, 0.4) is 0 Å². The maximum Gasteiger partial charge on any atom is 0.253 e. The van der Waals surface area contributed by atoms with Crippen LogP contribution in [0.15, 0.2) is 78.5 Å². The van der Waals surface area contributed by atoms with E-state index in [0.717, 1.165) is 11.3 Å². The summed E-state index contributed by atoms with van der Waals surface area (Å²) in [6, 6.07) is 17.1. The average Bonchev–Trinajstić information content (AvgIpc) is 2.67. The van der Waals surface area contributed by atoms with Crippen LogP contribution in [0.2, 0.25) is 0 Å². The Morgan fingerprint density at radius 1 is 1.08 bits per heavy atom. The Morgan fingerprint density at radius 2 is 1.88 bits per heavy atom. The van der Waals surface area contributed by atoms with E-state index in [0.29, 0.717) is 24.2 Å². The van der Waals surface area contributed by atoms with E-state index in [2.05, 4.69) is 10.7 Å². The van der Waals surface area contributed by atoms with Crippen molar-refractivity contribution < 1.29 is 9.59 Å². The summed E-state index contributed by atoms with van der Waals surface area (Å²) in [7, 11) is 0. The van der Waals surface area contributed by atoms with Gasteiger partial charge >= 0.3 is 0 Å². The molecule has 2 N–H and O–H groups in total. The Hall–Kier alpha value is -3.34. The number of hydrogen-bond donors (Lipinski definition) is 2. The van der Waals surface area contributed by atoms with Crippen LogP contribution in [-0.2, 0) is 11.3 Å². The molecule has 0 fully saturated rings. The zero-order chi connectivity index (χ0) is 18.4. The number of anilines is 1. The molecule has 26 heavy (non-hydrogen) atoms. The summed E-state index contributed by atoms with van der Waals surface area (Å²) < 4.78 is 0. The van der Waals surface area contributed by atoms with Crippen LogP contribution in [0.5, 0.6) is 0 Å². The Morgan fingerprint density at radius 3 is 2.65 bits per heavy atom. The van der Waals surface area contributed by atoms with Crippen molar-refractivity contribution in [1.29, 1.82) is 0 Å². The Kier molecular flexibility index (Phi) is 5.49. The van der Waals surface area contributed by atoms with Gasteiger partial charge in [-0.15, -0.1) is 0 Å². The highest BCUT2D eigenvalue weighted by Crippen LogP contribution is 2.15. The zero-order valence-corrected chi connectivity index (χ0v) is 14.6. The first kappa shape index (κ1) is 17.5. The predicted octanol–water partition coefficient (Wildman–Crippen LogP) is 3.29. The fourth-order valence-corrected chi connectivity index (χ4v) is 2.62. The molecule has 2 aromatic rings. The highest BCUT2D eigenvalue weighted by atomic mass is 16.1. The molecule has 0 atom stereocenters. The van der Waals surface area contributed by atoms with Gasteiger partial charge in [-0.3, -0.25) is 20.0 Å². The van der Waals surface area contributed by atoms with E-state index in [4.69, 9.17) is 0 Å². The van der Waals surface area contributed by atoms with Crippen LogP contribution in [0.4, 0.5) is 5.69 Å². The molecule has 5 heteroatoms. The van der Waals surface area contributed by atoms with Crippen molar-refractivity contribution in [3.63, 3.8) is 0 Å².